The minimum absolute atomic E-state index is 0.299. The Morgan fingerprint density at radius 3 is 2.68 bits per heavy atom. The van der Waals surface area contributed by atoms with Gasteiger partial charge < -0.3 is 0 Å². The third-order valence-electron chi connectivity index (χ3n) is 5.65. The molecule has 2 heterocycles. The zero-order chi connectivity index (χ0) is 13.4. The van der Waals surface area contributed by atoms with Crippen molar-refractivity contribution in [3.63, 3.8) is 0 Å². The fourth-order valence-electron chi connectivity index (χ4n) is 4.40. The third kappa shape index (κ3) is 2.82. The second-order valence-corrected chi connectivity index (χ2v) is 7.21. The maximum Gasteiger partial charge on any atom is 0.104 e. The third-order valence-corrected chi connectivity index (χ3v) is 5.65. The highest BCUT2D eigenvalue weighted by Crippen LogP contribution is 2.35. The van der Waals surface area contributed by atoms with Gasteiger partial charge in [-0.05, 0) is 45.1 Å². The first-order valence-corrected chi connectivity index (χ1v) is 8.29. The first-order valence-electron chi connectivity index (χ1n) is 8.29. The number of hydrogen-bond acceptors (Lipinski definition) is 2. The lowest BCUT2D eigenvalue weighted by atomic mass is 9.86. The fraction of sp³-hybridized carbons (Fsp3) is 1.00. The molecule has 0 aromatic carbocycles. The monoisotopic (exact) mass is 268 g/mol. The summed E-state index contributed by atoms with van der Waals surface area (Å²) in [4.78, 5) is 5.26. The van der Waals surface area contributed by atoms with Crippen LogP contribution in [0.15, 0.2) is 0 Å². The zero-order valence-corrected chi connectivity index (χ0v) is 12.5. The predicted molar refractivity (Wildman–Crippen MR) is 76.8 cm³/mol. The Balaban J connectivity index is 1.65. The number of nitrogens with zero attached hydrogens (tertiary/aromatic N) is 2. The number of alkyl halides is 1. The van der Waals surface area contributed by atoms with Crippen LogP contribution in [0.3, 0.4) is 0 Å². The molecule has 0 aromatic heterocycles. The van der Waals surface area contributed by atoms with Crippen molar-refractivity contribution < 1.29 is 4.39 Å². The summed E-state index contributed by atoms with van der Waals surface area (Å²) in [5, 5.41) is 0. The fourth-order valence-corrected chi connectivity index (χ4v) is 4.40. The second-order valence-electron chi connectivity index (χ2n) is 7.21. The van der Waals surface area contributed by atoms with Crippen molar-refractivity contribution in [3.05, 3.63) is 0 Å². The molecule has 0 aromatic rings. The molecular weight excluding hydrogens is 239 g/mol. The summed E-state index contributed by atoms with van der Waals surface area (Å²) in [6, 6.07) is 0.615. The molecule has 1 saturated carbocycles. The lowest BCUT2D eigenvalue weighted by molar-refractivity contribution is 0.0346. The maximum atomic E-state index is 14.1. The largest absolute Gasteiger partial charge is 0.286 e. The van der Waals surface area contributed by atoms with Crippen LogP contribution in [0, 0.1) is 11.8 Å². The van der Waals surface area contributed by atoms with E-state index < -0.39 is 6.17 Å². The van der Waals surface area contributed by atoms with Crippen molar-refractivity contribution in [2.45, 2.75) is 70.8 Å². The van der Waals surface area contributed by atoms with Crippen LogP contribution in [0.25, 0.3) is 0 Å². The maximum absolute atomic E-state index is 14.1. The molecule has 0 amide bonds. The van der Waals surface area contributed by atoms with Crippen LogP contribution < -0.4 is 0 Å². The predicted octanol–water partition coefficient (Wildman–Crippen LogP) is 3.28. The smallest absolute Gasteiger partial charge is 0.104 e. The van der Waals surface area contributed by atoms with E-state index in [1.807, 2.05) is 0 Å². The molecule has 19 heavy (non-hydrogen) atoms. The van der Waals surface area contributed by atoms with Crippen LogP contribution in [-0.2, 0) is 0 Å². The van der Waals surface area contributed by atoms with Gasteiger partial charge in [-0.25, -0.2) is 4.39 Å². The highest BCUT2D eigenvalue weighted by atomic mass is 19.1. The van der Waals surface area contributed by atoms with E-state index >= 15 is 0 Å². The van der Waals surface area contributed by atoms with Gasteiger partial charge in [0.1, 0.15) is 6.17 Å². The molecule has 3 fully saturated rings. The van der Waals surface area contributed by atoms with Gasteiger partial charge in [-0.15, -0.1) is 0 Å². The van der Waals surface area contributed by atoms with Gasteiger partial charge in [0.15, 0.2) is 0 Å². The highest BCUT2D eigenvalue weighted by molar-refractivity contribution is 4.93. The van der Waals surface area contributed by atoms with Gasteiger partial charge >= 0.3 is 0 Å². The number of halogens is 1. The summed E-state index contributed by atoms with van der Waals surface area (Å²) >= 11 is 0. The molecule has 2 aliphatic heterocycles. The van der Waals surface area contributed by atoms with Crippen LogP contribution in [-0.4, -0.2) is 47.8 Å². The van der Waals surface area contributed by atoms with Crippen molar-refractivity contribution in [1.29, 1.82) is 0 Å². The standard InChI is InChI=1S/C16H29FN2/c1-12-7-8-18-10-13(2)19(16(18)9-12)11-14-5-3-4-6-15(14)17/h12-16H,3-11H2,1-2H3. The molecule has 110 valence electrons. The Morgan fingerprint density at radius 1 is 1.11 bits per heavy atom. The lowest BCUT2D eigenvalue weighted by Gasteiger charge is -2.40. The minimum Gasteiger partial charge on any atom is -0.286 e. The number of rotatable bonds is 2. The van der Waals surface area contributed by atoms with Gasteiger partial charge in [0.05, 0.1) is 6.17 Å². The van der Waals surface area contributed by atoms with E-state index in [1.165, 1.54) is 32.4 Å². The van der Waals surface area contributed by atoms with Gasteiger partial charge in [-0.3, -0.25) is 9.80 Å². The quantitative estimate of drug-likeness (QED) is 0.758. The average molecular weight is 268 g/mol. The van der Waals surface area contributed by atoms with Gasteiger partial charge in [-0.1, -0.05) is 19.8 Å². The van der Waals surface area contributed by atoms with Gasteiger partial charge in [0.25, 0.3) is 0 Å². The molecule has 3 rings (SSSR count). The summed E-state index contributed by atoms with van der Waals surface area (Å²) in [5.74, 6) is 1.13. The molecule has 2 saturated heterocycles. The Kier molecular flexibility index (Phi) is 4.14. The number of hydrogen-bond donors (Lipinski definition) is 0. The Bertz CT molecular complexity index is 309. The average Bonchev–Trinajstić information content (AvgIpc) is 2.69. The van der Waals surface area contributed by atoms with Crippen molar-refractivity contribution in [2.24, 2.45) is 11.8 Å². The second kappa shape index (κ2) is 5.69. The first-order chi connectivity index (χ1) is 9.15. The molecule has 0 spiro atoms. The summed E-state index contributed by atoms with van der Waals surface area (Å²) in [6.07, 6.45) is 6.92. The first kappa shape index (κ1) is 13.8. The minimum atomic E-state index is -0.545. The highest BCUT2D eigenvalue weighted by Gasteiger charge is 2.41. The van der Waals surface area contributed by atoms with Crippen LogP contribution in [0.4, 0.5) is 4.39 Å². The summed E-state index contributed by atoms with van der Waals surface area (Å²) in [6.45, 7) is 8.14. The van der Waals surface area contributed by atoms with E-state index in [4.69, 9.17) is 0 Å². The summed E-state index contributed by atoms with van der Waals surface area (Å²) < 4.78 is 14.1. The number of fused-ring (bicyclic) bond motifs is 1. The molecular formula is C16H29FN2. The zero-order valence-electron chi connectivity index (χ0n) is 12.5. The van der Waals surface area contributed by atoms with Crippen LogP contribution in [0.5, 0.6) is 0 Å². The van der Waals surface area contributed by atoms with E-state index in [0.29, 0.717) is 18.1 Å². The SMILES string of the molecule is CC1CCN2CC(C)N(CC3CCCCC3F)C2C1. The number of piperidine rings is 1. The molecule has 0 bridgehead atoms. The molecule has 0 radical (unpaired) electrons. The van der Waals surface area contributed by atoms with Crippen LogP contribution >= 0.6 is 0 Å². The van der Waals surface area contributed by atoms with E-state index in [-0.39, 0.29) is 0 Å². The van der Waals surface area contributed by atoms with Gasteiger partial charge in [0, 0.05) is 25.0 Å². The van der Waals surface area contributed by atoms with Crippen molar-refractivity contribution in [2.75, 3.05) is 19.6 Å². The van der Waals surface area contributed by atoms with Crippen LogP contribution in [0.1, 0.15) is 52.4 Å². The molecule has 5 unspecified atom stereocenters. The van der Waals surface area contributed by atoms with E-state index in [2.05, 4.69) is 23.6 Å². The van der Waals surface area contributed by atoms with Crippen LogP contribution in [0.2, 0.25) is 0 Å². The summed E-state index contributed by atoms with van der Waals surface area (Å²) in [7, 11) is 0. The van der Waals surface area contributed by atoms with E-state index in [1.54, 1.807) is 0 Å². The molecule has 2 nitrogen and oxygen atoms in total. The van der Waals surface area contributed by atoms with E-state index in [0.717, 1.165) is 31.7 Å². The Labute approximate surface area is 117 Å². The molecule has 3 aliphatic rings. The Morgan fingerprint density at radius 2 is 1.89 bits per heavy atom. The van der Waals surface area contributed by atoms with E-state index in [9.17, 15) is 4.39 Å². The normalized spacial score (nSPS) is 45.3. The molecule has 3 heteroatoms. The van der Waals surface area contributed by atoms with Crippen molar-refractivity contribution in [1.82, 2.24) is 9.80 Å². The molecule has 5 atom stereocenters. The molecule has 1 aliphatic carbocycles. The van der Waals surface area contributed by atoms with Gasteiger partial charge in [-0.2, -0.15) is 0 Å². The van der Waals surface area contributed by atoms with Crippen molar-refractivity contribution >= 4 is 0 Å². The lowest BCUT2D eigenvalue weighted by Crippen LogP contribution is -2.47. The Hall–Kier alpha value is -0.150. The molecule has 0 N–H and O–H groups in total. The van der Waals surface area contributed by atoms with Crippen molar-refractivity contribution in [3.8, 4) is 0 Å². The van der Waals surface area contributed by atoms with Gasteiger partial charge in [0.2, 0.25) is 0 Å². The topological polar surface area (TPSA) is 6.48 Å². The summed E-state index contributed by atoms with van der Waals surface area (Å²) in [5.41, 5.74) is 0.